The molecule has 0 saturated heterocycles. The maximum absolute atomic E-state index is 12.9. The summed E-state index contributed by atoms with van der Waals surface area (Å²) in [5.74, 6) is -1.60. The Kier molecular flexibility index (Phi) is 63.5. The molecule has 0 aromatic carbocycles. The van der Waals surface area contributed by atoms with Gasteiger partial charge in [0.2, 0.25) is 0 Å². The van der Waals surface area contributed by atoms with Gasteiger partial charge in [0, 0.05) is 19.3 Å². The van der Waals surface area contributed by atoms with Crippen LogP contribution in [0, 0.1) is 0 Å². The molecule has 16 nitrogen and oxygen atoms in total. The van der Waals surface area contributed by atoms with E-state index in [1.165, 1.54) is 64.2 Å². The number of esters is 3. The van der Waals surface area contributed by atoms with Crippen molar-refractivity contribution in [2.24, 2.45) is 0 Å². The van der Waals surface area contributed by atoms with E-state index in [1.54, 1.807) is 0 Å². The van der Waals surface area contributed by atoms with Crippen LogP contribution in [0.1, 0.15) is 278 Å². The first-order valence-corrected chi connectivity index (χ1v) is 38.2. The lowest BCUT2D eigenvalue weighted by Gasteiger charge is -2.21. The normalized spacial score (nSPS) is 14.8. The van der Waals surface area contributed by atoms with E-state index in [-0.39, 0.29) is 19.3 Å². The Hall–Kier alpha value is -3.79. The van der Waals surface area contributed by atoms with Crippen molar-refractivity contribution in [3.63, 3.8) is 0 Å². The number of allylic oxidation sites excluding steroid dienone is 18. The van der Waals surface area contributed by atoms with Gasteiger partial charge < -0.3 is 34.2 Å². The second-order valence-electron chi connectivity index (χ2n) is 23.3. The average Bonchev–Trinajstić information content (AvgIpc) is 3.09. The Morgan fingerprint density at radius 1 is 0.319 bits per heavy atom. The van der Waals surface area contributed by atoms with Crippen LogP contribution < -0.4 is 0 Å². The molecule has 0 aromatic rings. The standard InChI is InChI=1S/C73H126O16P2/c1-4-7-10-13-16-19-22-25-28-30-32-33-35-37-39-41-44-47-50-53-56-59-71(76)83-62-68(74)63-85-90(79,80)86-64-69(75)65-87-91(81,82)88-67-70(89-73(78)61-58-55-52-49-46-43-38-27-24-21-18-15-12-9-6-3)66-84-72(77)60-57-54-51-48-45-42-40-36-34-31-29-26-23-20-17-14-11-8-5-2/h7-8,10-11,16-17,19-20,25-26,28-29,32-34,36-37,39,68-70,74-75H,4-6,9,12-15,18,21-24,27,30-31,35,38,40-67H2,1-3H3,(H,79,80)(H,81,82)/b10-7-,11-8-,19-16-,20-17-,28-25-,29-26-,33-32-,36-34-,39-37-. The number of carbonyl (C=O) groups excluding carboxylic acids is 3. The lowest BCUT2D eigenvalue weighted by molar-refractivity contribution is -0.161. The molecule has 0 fully saturated rings. The lowest BCUT2D eigenvalue weighted by atomic mass is 10.0. The van der Waals surface area contributed by atoms with Crippen LogP contribution in [0.3, 0.4) is 0 Å². The fraction of sp³-hybridized carbons (Fsp3) is 0.712. The first kappa shape index (κ1) is 87.2. The molecule has 5 atom stereocenters. The van der Waals surface area contributed by atoms with Gasteiger partial charge in [-0.25, -0.2) is 9.13 Å². The summed E-state index contributed by atoms with van der Waals surface area (Å²) in [4.78, 5) is 58.4. The lowest BCUT2D eigenvalue weighted by Crippen LogP contribution is -2.30. The Morgan fingerprint density at radius 2 is 0.582 bits per heavy atom. The first-order valence-electron chi connectivity index (χ1n) is 35.2. The third-order valence-electron chi connectivity index (χ3n) is 14.5. The van der Waals surface area contributed by atoms with E-state index in [1.807, 2.05) is 0 Å². The van der Waals surface area contributed by atoms with Crippen LogP contribution in [0.25, 0.3) is 0 Å². The number of phosphoric acid groups is 2. The SMILES string of the molecule is CC/C=C\C/C=C\C/C=C\C/C=C\C/C=C\CCCCCCCC(=O)OCC(O)COP(=O)(O)OCC(O)COP(=O)(O)OCC(COC(=O)CCCCCCCC/C=C\C/C=C\C/C=C\C/C=C\CC)OC(=O)CCCCCCCCCCCCCCCCC. The molecular formula is C73H126O16P2. The number of hydrogen-bond acceptors (Lipinski definition) is 14. The minimum Gasteiger partial charge on any atom is -0.463 e. The van der Waals surface area contributed by atoms with Gasteiger partial charge in [-0.1, -0.05) is 265 Å². The van der Waals surface area contributed by atoms with Gasteiger partial charge in [-0.3, -0.25) is 32.5 Å². The summed E-state index contributed by atoms with van der Waals surface area (Å²) in [6, 6.07) is 0. The summed E-state index contributed by atoms with van der Waals surface area (Å²) in [6.45, 7) is 2.42. The van der Waals surface area contributed by atoms with Crippen LogP contribution in [0.15, 0.2) is 109 Å². The third-order valence-corrected chi connectivity index (χ3v) is 16.4. The quantitative estimate of drug-likeness (QED) is 0.0146. The maximum Gasteiger partial charge on any atom is 0.472 e. The Balaban J connectivity index is 4.68. The van der Waals surface area contributed by atoms with Gasteiger partial charge in [0.15, 0.2) is 6.10 Å². The van der Waals surface area contributed by atoms with E-state index in [9.17, 15) is 43.5 Å². The molecule has 0 heterocycles. The Labute approximate surface area is 551 Å². The van der Waals surface area contributed by atoms with Crippen molar-refractivity contribution in [1.29, 1.82) is 0 Å². The summed E-state index contributed by atoms with van der Waals surface area (Å²) < 4.78 is 60.9. The molecule has 0 spiro atoms. The van der Waals surface area contributed by atoms with Gasteiger partial charge in [0.1, 0.15) is 25.4 Å². The van der Waals surface area contributed by atoms with Crippen LogP contribution in [-0.2, 0) is 55.8 Å². The van der Waals surface area contributed by atoms with Crippen molar-refractivity contribution in [1.82, 2.24) is 0 Å². The second kappa shape index (κ2) is 66.2. The number of aliphatic hydroxyl groups is 2. The Bertz CT molecular complexity index is 2100. The van der Waals surface area contributed by atoms with E-state index in [0.717, 1.165) is 154 Å². The molecule has 524 valence electrons. The third kappa shape index (κ3) is 67.4. The number of hydrogen-bond donors (Lipinski definition) is 4. The van der Waals surface area contributed by atoms with E-state index in [2.05, 4.69) is 130 Å². The zero-order valence-electron chi connectivity index (χ0n) is 56.7. The van der Waals surface area contributed by atoms with Crippen molar-refractivity contribution in [2.75, 3.05) is 39.6 Å². The molecule has 0 aliphatic heterocycles. The molecule has 0 rings (SSSR count). The van der Waals surface area contributed by atoms with E-state index in [0.29, 0.717) is 19.3 Å². The van der Waals surface area contributed by atoms with Crippen LogP contribution in [0.4, 0.5) is 0 Å². The van der Waals surface area contributed by atoms with Crippen molar-refractivity contribution in [3.8, 4) is 0 Å². The highest BCUT2D eigenvalue weighted by atomic mass is 31.2. The van der Waals surface area contributed by atoms with Gasteiger partial charge in [0.05, 0.1) is 26.4 Å². The summed E-state index contributed by atoms with van der Waals surface area (Å²) >= 11 is 0. The Morgan fingerprint density at radius 3 is 0.923 bits per heavy atom. The second-order valence-corrected chi connectivity index (χ2v) is 26.2. The zero-order chi connectivity index (χ0) is 66.7. The fourth-order valence-electron chi connectivity index (χ4n) is 9.18. The number of rotatable bonds is 66. The molecule has 4 N–H and O–H groups in total. The van der Waals surface area contributed by atoms with E-state index < -0.39 is 91.5 Å². The molecule has 5 unspecified atom stereocenters. The molecule has 18 heteroatoms. The van der Waals surface area contributed by atoms with E-state index in [4.69, 9.17) is 32.3 Å². The molecule has 0 saturated carbocycles. The molecule has 91 heavy (non-hydrogen) atoms. The van der Waals surface area contributed by atoms with Gasteiger partial charge in [-0.15, -0.1) is 0 Å². The van der Waals surface area contributed by atoms with Crippen LogP contribution >= 0.6 is 15.6 Å². The smallest absolute Gasteiger partial charge is 0.463 e. The number of ether oxygens (including phenoxy) is 3. The van der Waals surface area contributed by atoms with Gasteiger partial charge >= 0.3 is 33.6 Å². The van der Waals surface area contributed by atoms with Gasteiger partial charge in [0.25, 0.3) is 0 Å². The summed E-state index contributed by atoms with van der Waals surface area (Å²) in [5.41, 5.74) is 0. The maximum atomic E-state index is 12.9. The highest BCUT2D eigenvalue weighted by molar-refractivity contribution is 7.47. The molecule has 0 aliphatic rings. The minimum absolute atomic E-state index is 0.103. The minimum atomic E-state index is -4.93. The molecule has 0 aliphatic carbocycles. The predicted molar refractivity (Wildman–Crippen MR) is 371 cm³/mol. The molecule has 0 bridgehead atoms. The highest BCUT2D eigenvalue weighted by Gasteiger charge is 2.29. The van der Waals surface area contributed by atoms with Crippen molar-refractivity contribution in [3.05, 3.63) is 109 Å². The molecule has 0 aromatic heterocycles. The van der Waals surface area contributed by atoms with Crippen LogP contribution in [-0.4, -0.2) is 95.9 Å². The number of phosphoric ester groups is 2. The fourth-order valence-corrected chi connectivity index (χ4v) is 10.8. The molecular weight excluding hydrogens is 1190 g/mol. The van der Waals surface area contributed by atoms with Gasteiger partial charge in [-0.05, 0) is 103 Å². The topological polar surface area (TPSA) is 231 Å². The van der Waals surface area contributed by atoms with Crippen molar-refractivity contribution in [2.45, 2.75) is 296 Å². The summed E-state index contributed by atoms with van der Waals surface area (Å²) in [6.07, 6.45) is 74.1. The van der Waals surface area contributed by atoms with Gasteiger partial charge in [-0.2, -0.15) is 0 Å². The average molecular weight is 1320 g/mol. The number of carbonyl (C=O) groups is 3. The molecule has 0 radical (unpaired) electrons. The first-order chi connectivity index (χ1) is 44.2. The predicted octanol–water partition coefficient (Wildman–Crippen LogP) is 19.6. The number of aliphatic hydroxyl groups excluding tert-OH is 2. The summed E-state index contributed by atoms with van der Waals surface area (Å²) in [5, 5.41) is 20.6. The highest BCUT2D eigenvalue weighted by Crippen LogP contribution is 2.45. The van der Waals surface area contributed by atoms with Crippen LogP contribution in [0.2, 0.25) is 0 Å². The van der Waals surface area contributed by atoms with Crippen molar-refractivity contribution < 1.29 is 75.8 Å². The summed E-state index contributed by atoms with van der Waals surface area (Å²) in [7, 11) is -9.79. The monoisotopic (exact) mass is 1320 g/mol. The number of unbranched alkanes of at least 4 members (excludes halogenated alkanes) is 25. The van der Waals surface area contributed by atoms with E-state index >= 15 is 0 Å². The zero-order valence-corrected chi connectivity index (χ0v) is 58.5. The van der Waals surface area contributed by atoms with Crippen LogP contribution in [0.5, 0.6) is 0 Å². The molecule has 0 amide bonds. The van der Waals surface area contributed by atoms with Crippen molar-refractivity contribution >= 4 is 33.6 Å². The largest absolute Gasteiger partial charge is 0.472 e.